The summed E-state index contributed by atoms with van der Waals surface area (Å²) in [5, 5.41) is 81.3. The molecule has 0 radical (unpaired) electrons. The zero-order valence-corrected chi connectivity index (χ0v) is 23.8. The minimum atomic E-state index is -1.80. The topological polar surface area (TPSA) is 255 Å². The largest absolute Gasteiger partial charge is 0.508 e. The molecule has 8 N–H and O–H groups in total. The molecule has 0 spiro atoms. The molecular weight excluding hydrogens is 604 g/mol. The molecule has 0 unspecified atom stereocenters. The van der Waals surface area contributed by atoms with Gasteiger partial charge in [0.05, 0.1) is 12.7 Å². The van der Waals surface area contributed by atoms with Crippen LogP contribution < -0.4 is 14.9 Å². The molecule has 16 nitrogen and oxygen atoms in total. The number of aliphatic hydroxyl groups excluding tert-OH is 6. The van der Waals surface area contributed by atoms with Crippen molar-refractivity contribution in [3.63, 3.8) is 0 Å². The molecule has 3 heterocycles. The van der Waals surface area contributed by atoms with Gasteiger partial charge in [0.25, 0.3) is 0 Å². The third-order valence-corrected chi connectivity index (χ3v) is 7.46. The number of carbonyl (C=O) groups is 1. The fourth-order valence-electron chi connectivity index (χ4n) is 5.07. The highest BCUT2D eigenvalue weighted by atomic mass is 16.7. The third-order valence-electron chi connectivity index (χ3n) is 7.46. The van der Waals surface area contributed by atoms with Crippen LogP contribution in [0.2, 0.25) is 0 Å². The van der Waals surface area contributed by atoms with Gasteiger partial charge in [0.1, 0.15) is 64.8 Å². The monoisotopic (exact) mass is 636 g/mol. The quantitative estimate of drug-likeness (QED) is 0.142. The molecule has 0 saturated carbocycles. The Morgan fingerprint density at radius 2 is 1.56 bits per heavy atom. The molecule has 0 bridgehead atoms. The van der Waals surface area contributed by atoms with E-state index in [-0.39, 0.29) is 28.4 Å². The van der Waals surface area contributed by atoms with Gasteiger partial charge in [-0.25, -0.2) is 0 Å². The molecule has 45 heavy (non-hydrogen) atoms. The van der Waals surface area contributed by atoms with Gasteiger partial charge >= 0.3 is 5.97 Å². The van der Waals surface area contributed by atoms with Gasteiger partial charge in [-0.2, -0.15) is 0 Å². The van der Waals surface area contributed by atoms with Crippen molar-refractivity contribution in [1.82, 2.24) is 0 Å². The summed E-state index contributed by atoms with van der Waals surface area (Å²) in [4.78, 5) is 25.7. The second kappa shape index (κ2) is 12.8. The first-order valence-corrected chi connectivity index (χ1v) is 13.8. The van der Waals surface area contributed by atoms with Crippen molar-refractivity contribution in [2.75, 3.05) is 6.61 Å². The average molecular weight is 637 g/mol. The maximum atomic E-state index is 13.9. The first kappa shape index (κ1) is 32.4. The van der Waals surface area contributed by atoms with Crippen molar-refractivity contribution in [3.05, 3.63) is 46.6 Å². The molecule has 2 aliphatic heterocycles. The number of hydrogen-bond acceptors (Lipinski definition) is 16. The highest BCUT2D eigenvalue weighted by molar-refractivity contribution is 5.88. The second-order valence-electron chi connectivity index (χ2n) is 10.6. The number of rotatable bonds is 7. The lowest BCUT2D eigenvalue weighted by Gasteiger charge is -2.41. The standard InChI is InChI=1S/C29H32O16/c1-10-19(34)22(37)24(39)28(40-10)42-14-7-15(33)18-16(8-14)43-25(12-3-5-13(32)6-4-12)26(21(18)36)45-29-27(41-11(2)31)23(38)20(35)17(9-30)44-29/h3-8,10,17,19-20,22-24,27-30,32-35,37-39H,9H2,1-2H3/t10-,17+,19-,20+,22+,23-,24+,27+,28-,29-/m0/s1. The normalized spacial score (nSPS) is 31.8. The maximum absolute atomic E-state index is 13.9. The van der Waals surface area contributed by atoms with Gasteiger partial charge in [0.15, 0.2) is 11.9 Å². The number of fused-ring (bicyclic) bond motifs is 1. The molecule has 0 aliphatic carbocycles. The molecule has 16 heteroatoms. The van der Waals surface area contributed by atoms with E-state index in [1.807, 2.05) is 0 Å². The Balaban J connectivity index is 1.60. The zero-order chi connectivity index (χ0) is 32.7. The molecule has 0 amide bonds. The van der Waals surface area contributed by atoms with E-state index >= 15 is 0 Å². The van der Waals surface area contributed by atoms with Crippen LogP contribution in [0.5, 0.6) is 23.0 Å². The molecule has 1 aromatic heterocycles. The number of esters is 1. The Bertz CT molecular complexity index is 1590. The Hall–Kier alpha value is -4.00. The number of phenolic OH excluding ortho intramolecular Hbond substituents is 2. The van der Waals surface area contributed by atoms with E-state index < -0.39 is 96.3 Å². The van der Waals surface area contributed by atoms with Crippen LogP contribution in [0, 0.1) is 0 Å². The Morgan fingerprint density at radius 3 is 2.20 bits per heavy atom. The van der Waals surface area contributed by atoms with E-state index in [1.54, 1.807) is 0 Å². The van der Waals surface area contributed by atoms with Crippen molar-refractivity contribution in [3.8, 4) is 34.3 Å². The minimum absolute atomic E-state index is 0.126. The number of aromatic hydroxyl groups is 2. The molecule has 2 fully saturated rings. The van der Waals surface area contributed by atoms with E-state index in [2.05, 4.69) is 0 Å². The third kappa shape index (κ3) is 6.27. The molecule has 2 aliphatic rings. The van der Waals surface area contributed by atoms with Gasteiger partial charge in [-0.05, 0) is 31.2 Å². The molecule has 244 valence electrons. The summed E-state index contributed by atoms with van der Waals surface area (Å²) in [6.07, 6.45) is -15.4. The summed E-state index contributed by atoms with van der Waals surface area (Å²) < 4.78 is 33.5. The smallest absolute Gasteiger partial charge is 0.303 e. The van der Waals surface area contributed by atoms with Crippen LogP contribution >= 0.6 is 0 Å². The molecule has 10 atom stereocenters. The van der Waals surface area contributed by atoms with Crippen molar-refractivity contribution in [2.45, 2.75) is 75.3 Å². The number of hydrogen-bond donors (Lipinski definition) is 8. The number of ether oxygens (including phenoxy) is 5. The van der Waals surface area contributed by atoms with Crippen LogP contribution in [-0.4, -0.2) is 115 Å². The maximum Gasteiger partial charge on any atom is 0.303 e. The summed E-state index contributed by atoms with van der Waals surface area (Å²) in [7, 11) is 0. The highest BCUT2D eigenvalue weighted by Crippen LogP contribution is 2.38. The van der Waals surface area contributed by atoms with Crippen LogP contribution in [0.1, 0.15) is 13.8 Å². The Labute approximate surface area is 253 Å². The van der Waals surface area contributed by atoms with Crippen LogP contribution in [0.15, 0.2) is 45.6 Å². The summed E-state index contributed by atoms with van der Waals surface area (Å²) in [5.41, 5.74) is -1.06. The lowest BCUT2D eigenvalue weighted by atomic mass is 9.99. The van der Waals surface area contributed by atoms with Crippen LogP contribution in [0.25, 0.3) is 22.3 Å². The second-order valence-corrected chi connectivity index (χ2v) is 10.6. The summed E-state index contributed by atoms with van der Waals surface area (Å²) in [6, 6.07) is 7.49. The molecule has 5 rings (SSSR count). The van der Waals surface area contributed by atoms with E-state index in [0.717, 1.165) is 13.0 Å². The van der Waals surface area contributed by atoms with Gasteiger partial charge in [-0.1, -0.05) is 0 Å². The number of benzene rings is 2. The van der Waals surface area contributed by atoms with E-state index in [4.69, 9.17) is 28.1 Å². The highest BCUT2D eigenvalue weighted by Gasteiger charge is 2.48. The number of phenols is 2. The predicted molar refractivity (Wildman–Crippen MR) is 148 cm³/mol. The lowest BCUT2D eigenvalue weighted by molar-refractivity contribution is -0.282. The SMILES string of the molecule is CC(=O)O[C@H]1[C@H](Oc2c(-c3ccc(O)cc3)oc3cc(O[C@@H]4O[C@@H](C)[C@H](O)[C@@H](O)[C@H]4O)cc(O)c3c2=O)O[C@H](CO)[C@@H](O)[C@@H]1O. The number of aliphatic hydroxyl groups is 6. The summed E-state index contributed by atoms with van der Waals surface area (Å²) >= 11 is 0. The summed E-state index contributed by atoms with van der Waals surface area (Å²) in [5.74, 6) is -2.74. The first-order chi connectivity index (χ1) is 21.3. The Morgan fingerprint density at radius 1 is 0.867 bits per heavy atom. The lowest BCUT2D eigenvalue weighted by Crippen LogP contribution is -2.61. The van der Waals surface area contributed by atoms with Crippen LogP contribution in [-0.2, 0) is 19.0 Å². The van der Waals surface area contributed by atoms with E-state index in [0.29, 0.717) is 0 Å². The van der Waals surface area contributed by atoms with Crippen LogP contribution in [0.4, 0.5) is 0 Å². The van der Waals surface area contributed by atoms with Crippen molar-refractivity contribution < 1.29 is 73.7 Å². The van der Waals surface area contributed by atoms with E-state index in [9.17, 15) is 50.4 Å². The van der Waals surface area contributed by atoms with Crippen molar-refractivity contribution in [2.24, 2.45) is 0 Å². The van der Waals surface area contributed by atoms with Crippen LogP contribution in [0.3, 0.4) is 0 Å². The van der Waals surface area contributed by atoms with Gasteiger partial charge in [-0.15, -0.1) is 0 Å². The average Bonchev–Trinajstić information content (AvgIpc) is 2.99. The Kier molecular flexibility index (Phi) is 9.20. The van der Waals surface area contributed by atoms with Gasteiger partial charge < -0.3 is 69.0 Å². The first-order valence-electron chi connectivity index (χ1n) is 13.8. The fraction of sp³-hybridized carbons (Fsp3) is 0.448. The van der Waals surface area contributed by atoms with Gasteiger partial charge in [0, 0.05) is 24.6 Å². The molecule has 3 aromatic rings. The molecule has 2 aromatic carbocycles. The van der Waals surface area contributed by atoms with Crippen molar-refractivity contribution >= 4 is 16.9 Å². The van der Waals surface area contributed by atoms with E-state index in [1.165, 1.54) is 37.3 Å². The number of carbonyl (C=O) groups excluding carboxylic acids is 1. The molecular formula is C29H32O16. The minimum Gasteiger partial charge on any atom is -0.508 e. The molecule has 2 saturated heterocycles. The predicted octanol–water partition coefficient (Wildman–Crippen LogP) is -1.17. The van der Waals surface area contributed by atoms with Gasteiger partial charge in [0.2, 0.25) is 23.8 Å². The van der Waals surface area contributed by atoms with Gasteiger partial charge in [-0.3, -0.25) is 9.59 Å². The fourth-order valence-corrected chi connectivity index (χ4v) is 5.07. The summed E-state index contributed by atoms with van der Waals surface area (Å²) in [6.45, 7) is 1.70. The van der Waals surface area contributed by atoms with Crippen molar-refractivity contribution in [1.29, 1.82) is 0 Å². The zero-order valence-electron chi connectivity index (χ0n) is 23.8.